The van der Waals surface area contributed by atoms with E-state index in [1.165, 1.54) is 21.1 Å². The van der Waals surface area contributed by atoms with E-state index in [0.717, 1.165) is 0 Å². The predicted molar refractivity (Wildman–Crippen MR) is 77.9 cm³/mol. The fraction of sp³-hybridized carbons (Fsp3) is 0.429. The molecule has 1 atom stereocenters. The van der Waals surface area contributed by atoms with E-state index < -0.39 is 23.7 Å². The van der Waals surface area contributed by atoms with Crippen LogP contribution in [0.4, 0.5) is 10.1 Å². The zero-order valence-electron chi connectivity index (χ0n) is 12.8. The Balaban J connectivity index is 3.58. The van der Waals surface area contributed by atoms with Crippen molar-refractivity contribution in [2.24, 2.45) is 5.73 Å². The summed E-state index contributed by atoms with van der Waals surface area (Å²) in [5, 5.41) is 11.4. The molecule has 0 aromatic heterocycles. The number of carbonyl (C=O) groups excluding carboxylic acids is 1. The topological polar surface area (TPSA) is 111 Å². The van der Waals surface area contributed by atoms with Crippen LogP contribution in [0.25, 0.3) is 0 Å². The van der Waals surface area contributed by atoms with Crippen LogP contribution < -0.4 is 20.5 Å². The molecule has 4 N–H and O–H groups in total. The van der Waals surface area contributed by atoms with Gasteiger partial charge in [-0.25, -0.2) is 4.39 Å². The summed E-state index contributed by atoms with van der Waals surface area (Å²) < 4.78 is 24.7. The van der Waals surface area contributed by atoms with Gasteiger partial charge in [-0.3, -0.25) is 9.59 Å². The number of aliphatic carboxylic acids is 1. The first kappa shape index (κ1) is 17.7. The van der Waals surface area contributed by atoms with Gasteiger partial charge in [0, 0.05) is 24.5 Å². The van der Waals surface area contributed by atoms with Gasteiger partial charge in [0.25, 0.3) is 0 Å². The molecule has 0 saturated heterocycles. The van der Waals surface area contributed by atoms with Crippen molar-refractivity contribution in [1.82, 2.24) is 0 Å². The fourth-order valence-corrected chi connectivity index (χ4v) is 2.13. The van der Waals surface area contributed by atoms with E-state index in [-0.39, 0.29) is 29.2 Å². The molecule has 22 heavy (non-hydrogen) atoms. The summed E-state index contributed by atoms with van der Waals surface area (Å²) in [5.41, 5.74) is 6.00. The van der Waals surface area contributed by atoms with E-state index in [1.807, 2.05) is 0 Å². The molecule has 0 aliphatic rings. The number of hydrogen-bond donors (Lipinski definition) is 3. The van der Waals surface area contributed by atoms with Crippen molar-refractivity contribution in [1.29, 1.82) is 0 Å². The Morgan fingerprint density at radius 2 is 1.86 bits per heavy atom. The number of carboxylic acid groups (broad SMARTS) is 1. The molecule has 1 unspecified atom stereocenters. The number of amides is 1. The van der Waals surface area contributed by atoms with E-state index in [9.17, 15) is 14.0 Å². The summed E-state index contributed by atoms with van der Waals surface area (Å²) in [6, 6.07) is -1.32. The lowest BCUT2D eigenvalue weighted by molar-refractivity contribution is -0.138. The van der Waals surface area contributed by atoms with E-state index in [0.29, 0.717) is 5.56 Å². The first-order valence-corrected chi connectivity index (χ1v) is 6.43. The van der Waals surface area contributed by atoms with Crippen molar-refractivity contribution in [2.75, 3.05) is 19.5 Å². The van der Waals surface area contributed by atoms with Gasteiger partial charge in [-0.2, -0.15) is 0 Å². The smallest absolute Gasteiger partial charge is 0.320 e. The quantitative estimate of drug-likeness (QED) is 0.724. The maximum absolute atomic E-state index is 14.6. The third kappa shape index (κ3) is 3.45. The number of ether oxygens (including phenoxy) is 2. The minimum absolute atomic E-state index is 0.0414. The third-order valence-corrected chi connectivity index (χ3v) is 3.14. The zero-order chi connectivity index (χ0) is 17.0. The highest BCUT2D eigenvalue weighted by Crippen LogP contribution is 2.41. The second-order valence-electron chi connectivity index (χ2n) is 4.69. The SMILES string of the molecule is COc1c(C)c(NC(C)=O)c(CC(N)C(=O)O)c(F)c1OC. The highest BCUT2D eigenvalue weighted by molar-refractivity contribution is 5.92. The molecule has 1 aromatic carbocycles. The lowest BCUT2D eigenvalue weighted by Gasteiger charge is -2.21. The molecule has 0 fully saturated rings. The first-order valence-electron chi connectivity index (χ1n) is 6.43. The Morgan fingerprint density at radius 3 is 2.27 bits per heavy atom. The number of rotatable bonds is 6. The summed E-state index contributed by atoms with van der Waals surface area (Å²) in [7, 11) is 2.60. The van der Waals surface area contributed by atoms with Crippen LogP contribution in [0.3, 0.4) is 0 Å². The minimum Gasteiger partial charge on any atom is -0.492 e. The van der Waals surface area contributed by atoms with Gasteiger partial charge in [-0.15, -0.1) is 0 Å². The van der Waals surface area contributed by atoms with Crippen molar-refractivity contribution < 1.29 is 28.6 Å². The Hall–Kier alpha value is -2.35. The van der Waals surface area contributed by atoms with Gasteiger partial charge >= 0.3 is 5.97 Å². The molecule has 0 radical (unpaired) electrons. The summed E-state index contributed by atoms with van der Waals surface area (Å²) >= 11 is 0. The van der Waals surface area contributed by atoms with Gasteiger partial charge in [0.2, 0.25) is 5.91 Å². The molecule has 0 bridgehead atoms. The number of nitrogens with two attached hydrogens (primary N) is 1. The normalized spacial score (nSPS) is 11.7. The Bertz CT molecular complexity index is 604. The number of benzene rings is 1. The molecule has 0 aliphatic heterocycles. The summed E-state index contributed by atoms with van der Waals surface area (Å²) in [5.74, 6) is -2.57. The Morgan fingerprint density at radius 1 is 1.32 bits per heavy atom. The number of hydrogen-bond acceptors (Lipinski definition) is 5. The maximum atomic E-state index is 14.6. The first-order chi connectivity index (χ1) is 10.2. The molecule has 7 nitrogen and oxygen atoms in total. The summed E-state index contributed by atoms with van der Waals surface area (Å²) in [4.78, 5) is 22.3. The lowest BCUT2D eigenvalue weighted by Crippen LogP contribution is -2.33. The fourth-order valence-electron chi connectivity index (χ4n) is 2.13. The van der Waals surface area contributed by atoms with E-state index >= 15 is 0 Å². The van der Waals surface area contributed by atoms with E-state index in [2.05, 4.69) is 5.32 Å². The lowest BCUT2D eigenvalue weighted by atomic mass is 9.98. The number of carboxylic acids is 1. The van der Waals surface area contributed by atoms with Crippen LogP contribution in [0.1, 0.15) is 18.1 Å². The van der Waals surface area contributed by atoms with Crippen LogP contribution in [0, 0.1) is 12.7 Å². The molecule has 0 heterocycles. The highest BCUT2D eigenvalue weighted by Gasteiger charge is 2.27. The number of methoxy groups -OCH3 is 2. The van der Waals surface area contributed by atoms with Gasteiger partial charge in [-0.1, -0.05) is 0 Å². The Kier molecular flexibility index (Phi) is 5.69. The zero-order valence-corrected chi connectivity index (χ0v) is 12.8. The number of nitrogens with one attached hydrogen (secondary N) is 1. The predicted octanol–water partition coefficient (Wildman–Crippen LogP) is 1.06. The average molecular weight is 314 g/mol. The average Bonchev–Trinajstić information content (AvgIpc) is 2.45. The van der Waals surface area contributed by atoms with E-state index in [1.54, 1.807) is 6.92 Å². The molecule has 1 rings (SSSR count). The van der Waals surface area contributed by atoms with Crippen molar-refractivity contribution >= 4 is 17.6 Å². The maximum Gasteiger partial charge on any atom is 0.320 e. The van der Waals surface area contributed by atoms with Gasteiger partial charge in [0.1, 0.15) is 6.04 Å². The van der Waals surface area contributed by atoms with Gasteiger partial charge < -0.3 is 25.6 Å². The standard InChI is InChI=1S/C14H19FN2O5/c1-6-11(17-7(2)18)8(5-9(16)14(19)20)10(15)13(22-4)12(6)21-3/h9H,5,16H2,1-4H3,(H,17,18)(H,19,20). The molecular weight excluding hydrogens is 295 g/mol. The molecule has 122 valence electrons. The van der Waals surface area contributed by atoms with Gasteiger partial charge in [0.15, 0.2) is 17.3 Å². The van der Waals surface area contributed by atoms with Gasteiger partial charge in [0.05, 0.1) is 19.9 Å². The summed E-state index contributed by atoms with van der Waals surface area (Å²) in [6.07, 6.45) is -0.308. The Labute approximate surface area is 127 Å². The molecule has 0 spiro atoms. The number of carbonyl (C=O) groups is 2. The van der Waals surface area contributed by atoms with Crippen molar-refractivity contribution in [3.63, 3.8) is 0 Å². The largest absolute Gasteiger partial charge is 0.492 e. The second kappa shape index (κ2) is 7.08. The molecule has 1 aromatic rings. The van der Waals surface area contributed by atoms with Crippen LogP contribution in [0.5, 0.6) is 11.5 Å². The van der Waals surface area contributed by atoms with Crippen LogP contribution in [-0.4, -0.2) is 37.2 Å². The molecular formula is C14H19FN2O5. The number of anilines is 1. The monoisotopic (exact) mass is 314 g/mol. The van der Waals surface area contributed by atoms with E-state index in [4.69, 9.17) is 20.3 Å². The molecule has 1 amide bonds. The van der Waals surface area contributed by atoms with Crippen LogP contribution in [0.15, 0.2) is 0 Å². The van der Waals surface area contributed by atoms with Crippen LogP contribution in [-0.2, 0) is 16.0 Å². The van der Waals surface area contributed by atoms with Gasteiger partial charge in [-0.05, 0) is 6.92 Å². The summed E-state index contributed by atoms with van der Waals surface area (Å²) in [6.45, 7) is 2.86. The van der Waals surface area contributed by atoms with Crippen molar-refractivity contribution in [3.8, 4) is 11.5 Å². The highest BCUT2D eigenvalue weighted by atomic mass is 19.1. The molecule has 0 aliphatic carbocycles. The molecule has 8 heteroatoms. The second-order valence-corrected chi connectivity index (χ2v) is 4.69. The number of halogens is 1. The van der Waals surface area contributed by atoms with Crippen molar-refractivity contribution in [3.05, 3.63) is 16.9 Å². The van der Waals surface area contributed by atoms with Crippen LogP contribution >= 0.6 is 0 Å². The third-order valence-electron chi connectivity index (χ3n) is 3.14. The van der Waals surface area contributed by atoms with Crippen LogP contribution in [0.2, 0.25) is 0 Å². The molecule has 0 saturated carbocycles. The van der Waals surface area contributed by atoms with Crippen molar-refractivity contribution in [2.45, 2.75) is 26.3 Å². The minimum atomic E-state index is -1.32.